The molecule has 1 aliphatic heterocycles. The number of thiophene rings is 1. The Morgan fingerprint density at radius 3 is 2.44 bits per heavy atom. The van der Waals surface area contributed by atoms with E-state index >= 15 is 0 Å². The van der Waals surface area contributed by atoms with Crippen molar-refractivity contribution in [2.24, 2.45) is 0 Å². The van der Waals surface area contributed by atoms with E-state index in [1.807, 2.05) is 42.9 Å². The molecule has 0 saturated carbocycles. The number of amides is 1. The number of benzene rings is 1. The topological polar surface area (TPSA) is 88.4 Å². The van der Waals surface area contributed by atoms with Gasteiger partial charge in [0.25, 0.3) is 5.91 Å². The van der Waals surface area contributed by atoms with Gasteiger partial charge < -0.3 is 9.47 Å². The van der Waals surface area contributed by atoms with Gasteiger partial charge in [-0.1, -0.05) is 6.07 Å². The Kier molecular flexibility index (Phi) is 5.36. The van der Waals surface area contributed by atoms with Gasteiger partial charge in [0.2, 0.25) is 10.0 Å². The molecule has 0 radical (unpaired) electrons. The van der Waals surface area contributed by atoms with Gasteiger partial charge in [-0.15, -0.1) is 11.3 Å². The highest BCUT2D eigenvalue weighted by atomic mass is 32.2. The number of nitrogens with zero attached hydrogens (tertiary/aromatic N) is 5. The molecule has 4 heterocycles. The van der Waals surface area contributed by atoms with Crippen molar-refractivity contribution in [1.29, 1.82) is 0 Å². The van der Waals surface area contributed by atoms with Gasteiger partial charge in [0, 0.05) is 43.4 Å². The second-order valence-electron chi connectivity index (χ2n) is 7.64. The van der Waals surface area contributed by atoms with Gasteiger partial charge in [-0.05, 0) is 43.7 Å². The Bertz CT molecular complexity index is 1400. The zero-order chi connectivity index (χ0) is 22.5. The summed E-state index contributed by atoms with van der Waals surface area (Å²) in [5.41, 5.74) is 2.64. The maximum Gasteiger partial charge on any atom is 0.257 e. The lowest BCUT2D eigenvalue weighted by atomic mass is 10.1. The highest BCUT2D eigenvalue weighted by Crippen LogP contribution is 2.32. The summed E-state index contributed by atoms with van der Waals surface area (Å²) in [7, 11) is -3.72. The van der Waals surface area contributed by atoms with Crippen molar-refractivity contribution in [2.45, 2.75) is 18.7 Å². The Morgan fingerprint density at radius 2 is 1.72 bits per heavy atom. The molecule has 8 nitrogen and oxygen atoms in total. The van der Waals surface area contributed by atoms with Crippen LogP contribution in [0.5, 0.6) is 0 Å². The molecule has 0 N–H and O–H groups in total. The molecule has 5 rings (SSSR count). The van der Waals surface area contributed by atoms with E-state index in [2.05, 4.69) is 8.75 Å². The van der Waals surface area contributed by atoms with Gasteiger partial charge in [-0.3, -0.25) is 4.79 Å². The number of rotatable bonds is 4. The van der Waals surface area contributed by atoms with E-state index in [4.69, 9.17) is 0 Å². The fraction of sp³-hybridized carbons (Fsp3) is 0.286. The van der Waals surface area contributed by atoms with Crippen LogP contribution in [-0.2, 0) is 10.0 Å². The molecule has 1 aliphatic rings. The van der Waals surface area contributed by atoms with Crippen LogP contribution in [0.1, 0.15) is 20.8 Å². The van der Waals surface area contributed by atoms with Crippen molar-refractivity contribution in [3.63, 3.8) is 0 Å². The first-order valence-corrected chi connectivity index (χ1v) is 13.1. The van der Waals surface area contributed by atoms with Gasteiger partial charge in [0.1, 0.15) is 20.9 Å². The summed E-state index contributed by atoms with van der Waals surface area (Å²) in [5, 5.41) is 0.896. The first-order valence-electron chi connectivity index (χ1n) is 10.1. The van der Waals surface area contributed by atoms with Crippen LogP contribution in [0, 0.1) is 13.8 Å². The first-order chi connectivity index (χ1) is 15.4. The fourth-order valence-electron chi connectivity index (χ4n) is 3.93. The summed E-state index contributed by atoms with van der Waals surface area (Å²) in [6.07, 6.45) is 3.86. The predicted octanol–water partition coefficient (Wildman–Crippen LogP) is 3.31. The number of aryl methyl sites for hydroxylation is 1. The van der Waals surface area contributed by atoms with Crippen LogP contribution in [0.3, 0.4) is 0 Å². The maximum atomic E-state index is 13.5. The first kappa shape index (κ1) is 21.3. The number of hydrogen-bond acceptors (Lipinski definition) is 7. The zero-order valence-corrected chi connectivity index (χ0v) is 20.0. The summed E-state index contributed by atoms with van der Waals surface area (Å²) in [6.45, 7) is 5.13. The number of carbonyl (C=O) groups is 1. The van der Waals surface area contributed by atoms with Crippen molar-refractivity contribution < 1.29 is 13.2 Å². The minimum atomic E-state index is -3.72. The second kappa shape index (κ2) is 8.07. The summed E-state index contributed by atoms with van der Waals surface area (Å²) in [5.74, 6) is -0.0570. The molecule has 0 aliphatic carbocycles. The molecular weight excluding hydrogens is 466 g/mol. The molecule has 166 valence electrons. The maximum absolute atomic E-state index is 13.5. The number of hydrogen-bond donors (Lipinski definition) is 0. The molecule has 0 spiro atoms. The lowest BCUT2D eigenvalue weighted by molar-refractivity contribution is 0.0697. The van der Waals surface area contributed by atoms with Crippen LogP contribution in [0.4, 0.5) is 0 Å². The standard InChI is InChI=1S/C21H21N5O3S3/c1-14-15(2)30-21(25-8-3-4-9-25)18(14)20(27)24-10-12-26(13-11-24)32(28,29)17-7-5-6-16-19(17)23-31-22-16/h3-9H,10-13H2,1-2H3. The predicted molar refractivity (Wildman–Crippen MR) is 125 cm³/mol. The molecule has 11 heteroatoms. The normalized spacial score (nSPS) is 15.5. The van der Waals surface area contributed by atoms with Crippen LogP contribution in [0.25, 0.3) is 16.0 Å². The molecule has 32 heavy (non-hydrogen) atoms. The molecule has 1 saturated heterocycles. The number of sulfonamides is 1. The van der Waals surface area contributed by atoms with E-state index in [-0.39, 0.29) is 23.9 Å². The van der Waals surface area contributed by atoms with Crippen LogP contribution < -0.4 is 0 Å². The van der Waals surface area contributed by atoms with Gasteiger partial charge in [-0.2, -0.15) is 13.1 Å². The molecule has 0 unspecified atom stereocenters. The molecule has 1 aromatic carbocycles. The highest BCUT2D eigenvalue weighted by Gasteiger charge is 2.33. The van der Waals surface area contributed by atoms with Gasteiger partial charge in [0.15, 0.2) is 0 Å². The fourth-order valence-corrected chi connectivity index (χ4v) is 7.22. The Hall–Kier alpha value is -2.60. The highest BCUT2D eigenvalue weighted by molar-refractivity contribution is 7.89. The third-order valence-electron chi connectivity index (χ3n) is 5.81. The van der Waals surface area contributed by atoms with E-state index in [0.717, 1.165) is 27.2 Å². The third-order valence-corrected chi connectivity index (χ3v) is 9.51. The van der Waals surface area contributed by atoms with Crippen molar-refractivity contribution in [1.82, 2.24) is 22.5 Å². The minimum Gasteiger partial charge on any atom is -0.336 e. The Morgan fingerprint density at radius 1 is 1.00 bits per heavy atom. The number of carbonyl (C=O) groups excluding carboxylic acids is 1. The van der Waals surface area contributed by atoms with Crippen LogP contribution in [0.15, 0.2) is 47.6 Å². The SMILES string of the molecule is Cc1sc(-n2cccc2)c(C(=O)N2CCN(S(=O)(=O)c3cccc4nsnc34)CC2)c1C. The summed E-state index contributed by atoms with van der Waals surface area (Å²) >= 11 is 2.59. The van der Waals surface area contributed by atoms with Crippen molar-refractivity contribution >= 4 is 50.0 Å². The van der Waals surface area contributed by atoms with Gasteiger partial charge in [0.05, 0.1) is 17.3 Å². The molecule has 0 atom stereocenters. The molecular formula is C21H21N5O3S3. The molecule has 3 aromatic heterocycles. The van der Waals surface area contributed by atoms with Crippen molar-refractivity contribution in [3.8, 4) is 5.00 Å². The number of aromatic nitrogens is 3. The average molecular weight is 488 g/mol. The summed E-state index contributed by atoms with van der Waals surface area (Å²) in [6, 6.07) is 8.86. The Labute approximate surface area is 194 Å². The number of fused-ring (bicyclic) bond motifs is 1. The lowest BCUT2D eigenvalue weighted by Gasteiger charge is -2.34. The van der Waals surface area contributed by atoms with E-state index in [1.165, 1.54) is 4.31 Å². The van der Waals surface area contributed by atoms with E-state index in [1.54, 1.807) is 34.4 Å². The molecule has 0 bridgehead atoms. The smallest absolute Gasteiger partial charge is 0.257 e. The van der Waals surface area contributed by atoms with E-state index < -0.39 is 10.0 Å². The van der Waals surface area contributed by atoms with E-state index in [9.17, 15) is 13.2 Å². The molecule has 1 amide bonds. The number of piperazine rings is 1. The van der Waals surface area contributed by atoms with Crippen LogP contribution in [0.2, 0.25) is 0 Å². The zero-order valence-electron chi connectivity index (χ0n) is 17.6. The average Bonchev–Trinajstić information content (AvgIpc) is 3.54. The second-order valence-corrected chi connectivity index (χ2v) is 11.3. The third kappa shape index (κ3) is 3.45. The van der Waals surface area contributed by atoms with Crippen LogP contribution >= 0.6 is 23.1 Å². The van der Waals surface area contributed by atoms with Crippen molar-refractivity contribution in [3.05, 3.63) is 58.7 Å². The monoisotopic (exact) mass is 487 g/mol. The van der Waals surface area contributed by atoms with Crippen molar-refractivity contribution in [2.75, 3.05) is 26.2 Å². The minimum absolute atomic E-state index is 0.0570. The Balaban J connectivity index is 1.38. The summed E-state index contributed by atoms with van der Waals surface area (Å²) in [4.78, 5) is 16.5. The van der Waals surface area contributed by atoms with E-state index in [0.29, 0.717) is 29.7 Å². The van der Waals surface area contributed by atoms with Gasteiger partial charge >= 0.3 is 0 Å². The molecule has 1 fully saturated rings. The van der Waals surface area contributed by atoms with Crippen LogP contribution in [-0.4, -0.2) is 63.0 Å². The quantitative estimate of drug-likeness (QED) is 0.441. The lowest BCUT2D eigenvalue weighted by Crippen LogP contribution is -2.50. The summed E-state index contributed by atoms with van der Waals surface area (Å²) < 4.78 is 38.2. The largest absolute Gasteiger partial charge is 0.336 e. The molecule has 4 aromatic rings. The van der Waals surface area contributed by atoms with Gasteiger partial charge in [-0.25, -0.2) is 8.42 Å².